The van der Waals surface area contributed by atoms with Gasteiger partial charge in [0, 0.05) is 12.0 Å². The number of rotatable bonds is 7. The Morgan fingerprint density at radius 1 is 1.15 bits per heavy atom. The third-order valence-corrected chi connectivity index (χ3v) is 3.02. The molecule has 6 heteroatoms. The van der Waals surface area contributed by atoms with Crippen LogP contribution >= 0.6 is 11.6 Å². The van der Waals surface area contributed by atoms with E-state index in [-0.39, 0.29) is 23.6 Å². The molecule has 1 aromatic carbocycles. The average Bonchev–Trinajstić information content (AvgIpc) is 2.44. The molecule has 0 bridgehead atoms. The number of carbonyl (C=O) groups is 2. The normalized spacial score (nSPS) is 10.0. The van der Waals surface area contributed by atoms with Crippen molar-refractivity contribution in [2.75, 3.05) is 20.8 Å². The first-order valence-corrected chi connectivity index (χ1v) is 6.52. The molecule has 0 radical (unpaired) electrons. The summed E-state index contributed by atoms with van der Waals surface area (Å²) in [5.41, 5.74) is 0.300. The summed E-state index contributed by atoms with van der Waals surface area (Å²) in [6.45, 7) is 2.01. The Hall–Kier alpha value is -1.75. The van der Waals surface area contributed by atoms with E-state index < -0.39 is 5.97 Å². The highest BCUT2D eigenvalue weighted by atomic mass is 35.5. The molecule has 0 aliphatic heterocycles. The Bertz CT molecular complexity index is 499. The van der Waals surface area contributed by atoms with Crippen molar-refractivity contribution >= 4 is 23.4 Å². The van der Waals surface area contributed by atoms with E-state index >= 15 is 0 Å². The van der Waals surface area contributed by atoms with Gasteiger partial charge in [-0.15, -0.1) is 0 Å². The minimum atomic E-state index is -0.405. The van der Waals surface area contributed by atoms with Gasteiger partial charge in [0.2, 0.25) is 0 Å². The first-order chi connectivity index (χ1) is 9.54. The number of Topliss-reactive ketones (excluding diaryl/α,β-unsaturated/α-hetero) is 1. The van der Waals surface area contributed by atoms with Gasteiger partial charge in [-0.2, -0.15) is 0 Å². The van der Waals surface area contributed by atoms with Crippen molar-refractivity contribution in [1.29, 1.82) is 0 Å². The lowest BCUT2D eigenvalue weighted by Crippen LogP contribution is -2.08. The van der Waals surface area contributed by atoms with Gasteiger partial charge in [0.25, 0.3) is 0 Å². The lowest BCUT2D eigenvalue weighted by Gasteiger charge is -2.12. The van der Waals surface area contributed by atoms with Gasteiger partial charge < -0.3 is 14.2 Å². The molecule has 0 spiro atoms. The van der Waals surface area contributed by atoms with Crippen LogP contribution in [0.15, 0.2) is 12.1 Å². The van der Waals surface area contributed by atoms with Crippen LogP contribution in [-0.4, -0.2) is 32.6 Å². The lowest BCUT2D eigenvalue weighted by molar-refractivity contribution is -0.143. The van der Waals surface area contributed by atoms with Crippen LogP contribution < -0.4 is 9.47 Å². The van der Waals surface area contributed by atoms with Crippen LogP contribution in [0.3, 0.4) is 0 Å². The Morgan fingerprint density at radius 2 is 1.85 bits per heavy atom. The topological polar surface area (TPSA) is 61.8 Å². The van der Waals surface area contributed by atoms with Gasteiger partial charge in [-0.1, -0.05) is 11.6 Å². The van der Waals surface area contributed by atoms with E-state index in [1.807, 2.05) is 0 Å². The summed E-state index contributed by atoms with van der Waals surface area (Å²) in [6.07, 6.45) is 0.0609. The van der Waals surface area contributed by atoms with E-state index in [2.05, 4.69) is 0 Å². The smallest absolute Gasteiger partial charge is 0.306 e. The van der Waals surface area contributed by atoms with Gasteiger partial charge in [0.1, 0.15) is 0 Å². The Labute approximate surface area is 122 Å². The quantitative estimate of drug-likeness (QED) is 0.572. The van der Waals surface area contributed by atoms with Crippen LogP contribution in [0.5, 0.6) is 11.5 Å². The molecule has 20 heavy (non-hydrogen) atoms. The molecular weight excluding hydrogens is 284 g/mol. The van der Waals surface area contributed by atoms with E-state index in [0.717, 1.165) is 0 Å². The Kier molecular flexibility index (Phi) is 6.31. The lowest BCUT2D eigenvalue weighted by atomic mass is 10.1. The fourth-order valence-corrected chi connectivity index (χ4v) is 2.03. The van der Waals surface area contributed by atoms with Crippen LogP contribution in [-0.2, 0) is 9.53 Å². The minimum absolute atomic E-state index is 0.0251. The molecule has 1 aromatic rings. The summed E-state index contributed by atoms with van der Waals surface area (Å²) in [4.78, 5) is 23.3. The molecule has 0 aliphatic carbocycles. The first-order valence-electron chi connectivity index (χ1n) is 6.14. The van der Waals surface area contributed by atoms with Crippen LogP contribution in [0, 0.1) is 0 Å². The highest BCUT2D eigenvalue weighted by Gasteiger charge is 2.18. The van der Waals surface area contributed by atoms with Crippen molar-refractivity contribution in [2.24, 2.45) is 0 Å². The standard InChI is InChI=1S/C14H17ClO5/c1-4-20-12(17)8-6-10(16)9-5-7-11(18-2)14(19-3)13(9)15/h5,7H,4,6,8H2,1-3H3. The van der Waals surface area contributed by atoms with Gasteiger partial charge in [0.15, 0.2) is 17.3 Å². The zero-order valence-electron chi connectivity index (χ0n) is 11.7. The molecule has 0 atom stereocenters. The molecule has 0 N–H and O–H groups in total. The molecule has 0 unspecified atom stereocenters. The van der Waals surface area contributed by atoms with Gasteiger partial charge in [0.05, 0.1) is 32.3 Å². The highest BCUT2D eigenvalue weighted by Crippen LogP contribution is 2.37. The maximum Gasteiger partial charge on any atom is 0.306 e. The molecule has 0 saturated heterocycles. The van der Waals surface area contributed by atoms with Crippen molar-refractivity contribution in [3.05, 3.63) is 22.7 Å². The molecule has 0 aromatic heterocycles. The summed E-state index contributed by atoms with van der Waals surface area (Å²) >= 11 is 6.12. The van der Waals surface area contributed by atoms with Crippen LogP contribution in [0.2, 0.25) is 5.02 Å². The van der Waals surface area contributed by atoms with Crippen LogP contribution in [0.1, 0.15) is 30.1 Å². The number of hydrogen-bond acceptors (Lipinski definition) is 5. The number of ketones is 1. The van der Waals surface area contributed by atoms with E-state index in [1.54, 1.807) is 19.1 Å². The fourth-order valence-electron chi connectivity index (χ4n) is 1.69. The second kappa shape index (κ2) is 7.75. The van der Waals surface area contributed by atoms with Crippen molar-refractivity contribution in [3.8, 4) is 11.5 Å². The van der Waals surface area contributed by atoms with E-state index in [1.165, 1.54) is 14.2 Å². The number of methoxy groups -OCH3 is 2. The van der Waals surface area contributed by atoms with E-state index in [0.29, 0.717) is 23.7 Å². The molecule has 0 heterocycles. The Balaban J connectivity index is 2.86. The zero-order valence-corrected chi connectivity index (χ0v) is 12.5. The number of ether oxygens (including phenoxy) is 3. The number of esters is 1. The summed E-state index contributed by atoms with van der Waals surface area (Å²) in [5, 5.41) is 0.181. The predicted octanol–water partition coefficient (Wildman–Crippen LogP) is 2.88. The predicted molar refractivity (Wildman–Crippen MR) is 74.8 cm³/mol. The molecule has 110 valence electrons. The van der Waals surface area contributed by atoms with Crippen molar-refractivity contribution in [2.45, 2.75) is 19.8 Å². The van der Waals surface area contributed by atoms with Crippen LogP contribution in [0.25, 0.3) is 0 Å². The first kappa shape index (κ1) is 16.3. The molecule has 0 amide bonds. The molecule has 1 rings (SSSR count). The van der Waals surface area contributed by atoms with Crippen molar-refractivity contribution in [1.82, 2.24) is 0 Å². The molecular formula is C14H17ClO5. The summed E-state index contributed by atoms with van der Waals surface area (Å²) in [7, 11) is 2.92. The summed E-state index contributed by atoms with van der Waals surface area (Å²) in [5.74, 6) is 0.0945. The summed E-state index contributed by atoms with van der Waals surface area (Å²) in [6, 6.07) is 3.15. The maximum atomic E-state index is 12.1. The third-order valence-electron chi connectivity index (χ3n) is 2.65. The molecule has 5 nitrogen and oxygen atoms in total. The van der Waals surface area contributed by atoms with Crippen molar-refractivity contribution in [3.63, 3.8) is 0 Å². The average molecular weight is 301 g/mol. The fraction of sp³-hybridized carbons (Fsp3) is 0.429. The van der Waals surface area contributed by atoms with Gasteiger partial charge in [-0.3, -0.25) is 9.59 Å². The molecule has 0 aliphatic rings. The number of halogens is 1. The zero-order chi connectivity index (χ0) is 15.1. The number of hydrogen-bond donors (Lipinski definition) is 0. The largest absolute Gasteiger partial charge is 0.493 e. The van der Waals surface area contributed by atoms with Crippen molar-refractivity contribution < 1.29 is 23.8 Å². The van der Waals surface area contributed by atoms with E-state index in [4.69, 9.17) is 25.8 Å². The highest BCUT2D eigenvalue weighted by molar-refractivity contribution is 6.35. The second-order valence-corrected chi connectivity index (χ2v) is 4.27. The van der Waals surface area contributed by atoms with Gasteiger partial charge in [-0.05, 0) is 19.1 Å². The maximum absolute atomic E-state index is 12.1. The number of carbonyl (C=O) groups excluding carboxylic acids is 2. The monoisotopic (exact) mass is 300 g/mol. The number of benzene rings is 1. The summed E-state index contributed by atoms with van der Waals surface area (Å²) < 4.78 is 15.0. The van der Waals surface area contributed by atoms with E-state index in [9.17, 15) is 9.59 Å². The molecule has 0 fully saturated rings. The van der Waals surface area contributed by atoms with Crippen LogP contribution in [0.4, 0.5) is 0 Å². The minimum Gasteiger partial charge on any atom is -0.493 e. The molecule has 0 saturated carbocycles. The SMILES string of the molecule is CCOC(=O)CCC(=O)c1ccc(OC)c(OC)c1Cl. The Morgan fingerprint density at radius 3 is 2.40 bits per heavy atom. The van der Waals surface area contributed by atoms with Gasteiger partial charge >= 0.3 is 5.97 Å². The third kappa shape index (κ3) is 3.87. The second-order valence-electron chi connectivity index (χ2n) is 3.89. The van der Waals surface area contributed by atoms with Gasteiger partial charge in [-0.25, -0.2) is 0 Å².